The molecule has 1 aliphatic carbocycles. The lowest BCUT2D eigenvalue weighted by Crippen LogP contribution is -2.36. The number of phenolic OH excluding ortho intramolecular Hbond substituents is 1. The number of allylic oxidation sites excluding steroid dienone is 2. The Morgan fingerprint density at radius 2 is 1.79 bits per heavy atom. The highest BCUT2D eigenvalue weighted by Gasteiger charge is 2.42. The Morgan fingerprint density at radius 3 is 2.48 bits per heavy atom. The molecular formula is C25H26N4O4. The minimum Gasteiger partial charge on any atom is -0.508 e. The van der Waals surface area contributed by atoms with Crippen molar-refractivity contribution in [2.24, 2.45) is 5.41 Å². The van der Waals surface area contributed by atoms with Gasteiger partial charge in [0, 0.05) is 23.3 Å². The van der Waals surface area contributed by atoms with Crippen molar-refractivity contribution in [2.45, 2.75) is 32.7 Å². The average Bonchev–Trinajstić information content (AvgIpc) is 3.20. The normalized spacial score (nSPS) is 18.9. The van der Waals surface area contributed by atoms with Crippen LogP contribution in [0.2, 0.25) is 0 Å². The first-order valence-electron chi connectivity index (χ1n) is 10.8. The minimum atomic E-state index is -0.446. The van der Waals surface area contributed by atoms with Gasteiger partial charge in [-0.1, -0.05) is 19.9 Å². The molecule has 0 radical (unpaired) electrons. The zero-order valence-electron chi connectivity index (χ0n) is 19.0. The van der Waals surface area contributed by atoms with Crippen LogP contribution in [0.1, 0.15) is 38.3 Å². The van der Waals surface area contributed by atoms with E-state index in [-0.39, 0.29) is 16.9 Å². The van der Waals surface area contributed by atoms with Crippen molar-refractivity contribution in [1.29, 1.82) is 0 Å². The van der Waals surface area contributed by atoms with Gasteiger partial charge in [0.15, 0.2) is 23.1 Å². The first-order valence-corrected chi connectivity index (χ1v) is 10.8. The van der Waals surface area contributed by atoms with Gasteiger partial charge in [0.05, 0.1) is 14.2 Å². The number of carbonyl (C=O) groups excluding carboxylic acids is 1. The average molecular weight is 447 g/mol. The summed E-state index contributed by atoms with van der Waals surface area (Å²) in [5.41, 5.74) is 3.07. The van der Waals surface area contributed by atoms with E-state index in [0.29, 0.717) is 35.3 Å². The molecular weight excluding hydrogens is 420 g/mol. The molecule has 8 heteroatoms. The molecule has 0 saturated carbocycles. The number of phenols is 1. The molecule has 0 amide bonds. The van der Waals surface area contributed by atoms with E-state index in [1.54, 1.807) is 43.2 Å². The van der Waals surface area contributed by atoms with Gasteiger partial charge in [-0.2, -0.15) is 4.98 Å². The fourth-order valence-electron chi connectivity index (χ4n) is 4.67. The predicted molar refractivity (Wildman–Crippen MR) is 123 cm³/mol. The second-order valence-electron chi connectivity index (χ2n) is 9.23. The van der Waals surface area contributed by atoms with Gasteiger partial charge < -0.3 is 19.9 Å². The smallest absolute Gasteiger partial charge is 0.226 e. The van der Waals surface area contributed by atoms with Gasteiger partial charge in [0.2, 0.25) is 5.95 Å². The van der Waals surface area contributed by atoms with Crippen LogP contribution in [0.3, 0.4) is 0 Å². The van der Waals surface area contributed by atoms with Crippen LogP contribution in [-0.4, -0.2) is 39.9 Å². The van der Waals surface area contributed by atoms with Gasteiger partial charge in [-0.25, -0.2) is 4.68 Å². The number of hydrogen-bond donors (Lipinski definition) is 2. The van der Waals surface area contributed by atoms with Crippen molar-refractivity contribution in [1.82, 2.24) is 14.8 Å². The fourth-order valence-corrected chi connectivity index (χ4v) is 4.67. The first kappa shape index (κ1) is 21.1. The maximum absolute atomic E-state index is 13.4. The maximum atomic E-state index is 13.4. The number of aromatic hydroxyl groups is 1. The minimum absolute atomic E-state index is 0.0980. The molecule has 1 unspecified atom stereocenters. The van der Waals surface area contributed by atoms with Crippen molar-refractivity contribution in [3.8, 4) is 28.6 Å². The van der Waals surface area contributed by atoms with Gasteiger partial charge in [0.25, 0.3) is 0 Å². The zero-order chi connectivity index (χ0) is 23.3. The van der Waals surface area contributed by atoms with Crippen molar-refractivity contribution < 1.29 is 19.4 Å². The second-order valence-corrected chi connectivity index (χ2v) is 9.23. The molecule has 0 fully saturated rings. The highest BCUT2D eigenvalue weighted by Crippen LogP contribution is 2.46. The Balaban J connectivity index is 1.68. The van der Waals surface area contributed by atoms with Crippen LogP contribution in [-0.2, 0) is 4.79 Å². The molecule has 0 saturated heterocycles. The van der Waals surface area contributed by atoms with Gasteiger partial charge in [0.1, 0.15) is 11.8 Å². The van der Waals surface area contributed by atoms with Gasteiger partial charge >= 0.3 is 0 Å². The number of carbonyl (C=O) groups is 1. The molecule has 170 valence electrons. The molecule has 2 aromatic carbocycles. The molecule has 2 aliphatic rings. The standard InChI is InChI=1S/C25H26N4O4/c1-25(2)12-17-21(18(31)13-25)22(15-7-10-19(32-3)20(11-15)33-4)29-24(26-17)27-23(28-29)14-5-8-16(30)9-6-14/h5-11,22,30H,12-13H2,1-4H3,(H,26,27,28). The van der Waals surface area contributed by atoms with Gasteiger partial charge in [-0.05, 0) is 53.8 Å². The molecule has 2 heterocycles. The number of nitrogens with one attached hydrogen (secondary N) is 1. The summed E-state index contributed by atoms with van der Waals surface area (Å²) in [5.74, 6) is 2.55. The van der Waals surface area contributed by atoms with E-state index in [2.05, 4.69) is 19.2 Å². The lowest BCUT2D eigenvalue weighted by molar-refractivity contribution is -0.118. The molecule has 0 spiro atoms. The fraction of sp³-hybridized carbons (Fsp3) is 0.320. The number of ketones is 1. The third-order valence-electron chi connectivity index (χ3n) is 6.18. The molecule has 1 atom stereocenters. The topological polar surface area (TPSA) is 98.5 Å². The molecule has 8 nitrogen and oxygen atoms in total. The van der Waals surface area contributed by atoms with Gasteiger partial charge in [-0.3, -0.25) is 4.79 Å². The van der Waals surface area contributed by atoms with Crippen molar-refractivity contribution in [3.63, 3.8) is 0 Å². The summed E-state index contributed by atoms with van der Waals surface area (Å²) >= 11 is 0. The van der Waals surface area contributed by atoms with Crippen molar-refractivity contribution in [2.75, 3.05) is 19.5 Å². The third-order valence-corrected chi connectivity index (χ3v) is 6.18. The summed E-state index contributed by atoms with van der Waals surface area (Å²) < 4.78 is 12.7. The highest BCUT2D eigenvalue weighted by atomic mass is 16.5. The van der Waals surface area contributed by atoms with Crippen molar-refractivity contribution in [3.05, 3.63) is 59.3 Å². The molecule has 5 rings (SSSR count). The first-order chi connectivity index (χ1) is 15.8. The summed E-state index contributed by atoms with van der Waals surface area (Å²) in [6.07, 6.45) is 1.20. The van der Waals surface area contributed by atoms with E-state index in [1.807, 2.05) is 18.2 Å². The van der Waals surface area contributed by atoms with E-state index in [1.165, 1.54) is 0 Å². The van der Waals surface area contributed by atoms with Crippen LogP contribution in [0, 0.1) is 5.41 Å². The third kappa shape index (κ3) is 3.61. The summed E-state index contributed by atoms with van der Waals surface area (Å²) in [4.78, 5) is 18.1. The number of hydrogen-bond acceptors (Lipinski definition) is 7. The van der Waals surface area contributed by atoms with Crippen LogP contribution in [0.5, 0.6) is 17.2 Å². The Labute approximate surface area is 191 Å². The van der Waals surface area contributed by atoms with E-state index < -0.39 is 6.04 Å². The summed E-state index contributed by atoms with van der Waals surface area (Å²) in [7, 11) is 3.18. The van der Waals surface area contributed by atoms with E-state index in [0.717, 1.165) is 23.2 Å². The van der Waals surface area contributed by atoms with Crippen LogP contribution >= 0.6 is 0 Å². The molecule has 33 heavy (non-hydrogen) atoms. The lowest BCUT2D eigenvalue weighted by Gasteiger charge is -2.38. The van der Waals surface area contributed by atoms with Crippen LogP contribution in [0.4, 0.5) is 5.95 Å². The maximum Gasteiger partial charge on any atom is 0.226 e. The number of nitrogens with zero attached hydrogens (tertiary/aromatic N) is 3. The number of ether oxygens (including phenoxy) is 2. The SMILES string of the molecule is COc1ccc(C2C3=C(CC(C)(C)CC3=O)Nc3nc(-c4ccc(O)cc4)nn32)cc1OC. The Bertz CT molecular complexity index is 1270. The summed E-state index contributed by atoms with van der Waals surface area (Å²) in [6, 6.07) is 11.9. The summed E-state index contributed by atoms with van der Waals surface area (Å²) in [5, 5.41) is 17.8. The number of Topliss-reactive ketones (excluding diaryl/α,β-unsaturated/α-hetero) is 1. The van der Waals surface area contributed by atoms with E-state index >= 15 is 0 Å². The zero-order valence-corrected chi connectivity index (χ0v) is 19.0. The monoisotopic (exact) mass is 446 g/mol. The molecule has 0 bridgehead atoms. The van der Waals surface area contributed by atoms with E-state index in [9.17, 15) is 9.90 Å². The number of fused-ring (bicyclic) bond motifs is 1. The molecule has 1 aliphatic heterocycles. The van der Waals surface area contributed by atoms with Crippen LogP contribution in [0.15, 0.2) is 53.7 Å². The Hall–Kier alpha value is -3.81. The molecule has 2 N–H and O–H groups in total. The number of aromatic nitrogens is 3. The number of methoxy groups -OCH3 is 2. The molecule has 1 aromatic heterocycles. The van der Waals surface area contributed by atoms with Crippen LogP contribution in [0.25, 0.3) is 11.4 Å². The number of benzene rings is 2. The molecule has 3 aromatic rings. The quantitative estimate of drug-likeness (QED) is 0.616. The predicted octanol–water partition coefficient (Wildman–Crippen LogP) is 4.33. The van der Waals surface area contributed by atoms with E-state index in [4.69, 9.17) is 19.6 Å². The highest BCUT2D eigenvalue weighted by molar-refractivity contribution is 6.00. The Kier molecular flexibility index (Phi) is 4.88. The number of rotatable bonds is 4. The Morgan fingerprint density at radius 1 is 1.06 bits per heavy atom. The lowest BCUT2D eigenvalue weighted by atomic mass is 9.73. The number of anilines is 1. The second kappa shape index (κ2) is 7.65. The largest absolute Gasteiger partial charge is 0.508 e. The van der Waals surface area contributed by atoms with Gasteiger partial charge in [-0.15, -0.1) is 5.10 Å². The summed E-state index contributed by atoms with van der Waals surface area (Å²) in [6.45, 7) is 4.20. The van der Waals surface area contributed by atoms with Crippen molar-refractivity contribution >= 4 is 11.7 Å². The van der Waals surface area contributed by atoms with Crippen LogP contribution < -0.4 is 14.8 Å².